The van der Waals surface area contributed by atoms with E-state index >= 15 is 0 Å². The molecule has 3 nitrogen and oxygen atoms in total. The van der Waals surface area contributed by atoms with E-state index in [0.29, 0.717) is 21.4 Å². The Kier molecular flexibility index (Phi) is 5.74. The lowest BCUT2D eigenvalue weighted by Gasteiger charge is -2.06. The maximum atomic E-state index is 5.95. The Hall–Kier alpha value is -2.36. The van der Waals surface area contributed by atoms with E-state index in [1.807, 2.05) is 42.5 Å². The second-order valence-corrected chi connectivity index (χ2v) is 5.70. The van der Waals surface area contributed by atoms with Crippen molar-refractivity contribution in [3.63, 3.8) is 0 Å². The molecule has 0 fully saturated rings. The van der Waals surface area contributed by atoms with Gasteiger partial charge >= 0.3 is 0 Å². The van der Waals surface area contributed by atoms with Crippen LogP contribution in [0, 0.1) is 0 Å². The topological polar surface area (TPSA) is 78.1 Å². The third-order valence-corrected chi connectivity index (χ3v) is 3.79. The molecule has 3 rings (SSSR count). The minimum absolute atomic E-state index is 0.533. The molecule has 23 heavy (non-hydrogen) atoms. The van der Waals surface area contributed by atoms with Crippen molar-refractivity contribution >= 4 is 40.3 Å². The van der Waals surface area contributed by atoms with Crippen molar-refractivity contribution in [2.45, 2.75) is 0 Å². The van der Waals surface area contributed by atoms with Crippen molar-refractivity contribution in [3.05, 3.63) is 76.8 Å². The zero-order chi connectivity index (χ0) is 16.8. The Morgan fingerprint density at radius 1 is 0.565 bits per heavy atom. The molecule has 3 aromatic carbocycles. The van der Waals surface area contributed by atoms with E-state index in [4.69, 9.17) is 40.4 Å². The summed E-state index contributed by atoms with van der Waals surface area (Å²) in [4.78, 5) is 0. The number of benzene rings is 3. The van der Waals surface area contributed by atoms with Gasteiger partial charge in [0.15, 0.2) is 0 Å². The van der Waals surface area contributed by atoms with Crippen molar-refractivity contribution in [2.24, 2.45) is 0 Å². The Morgan fingerprint density at radius 2 is 1.00 bits per heavy atom. The fourth-order valence-electron chi connectivity index (χ4n) is 1.87. The molecule has 3 aromatic rings. The lowest BCUT2D eigenvalue weighted by molar-refractivity contribution is 1.61. The van der Waals surface area contributed by atoms with Gasteiger partial charge in [0, 0.05) is 5.69 Å². The average molecular weight is 346 g/mol. The maximum Gasteiger partial charge on any atom is 0.0641 e. The second kappa shape index (κ2) is 7.77. The minimum atomic E-state index is 0.533. The summed E-state index contributed by atoms with van der Waals surface area (Å²) in [5.74, 6) is 0. The van der Waals surface area contributed by atoms with E-state index in [2.05, 4.69) is 0 Å². The van der Waals surface area contributed by atoms with Crippen LogP contribution in [0.1, 0.15) is 0 Å². The molecule has 0 bridgehead atoms. The maximum absolute atomic E-state index is 5.95. The molecule has 6 N–H and O–H groups in total. The number of hydrogen-bond donors (Lipinski definition) is 3. The summed E-state index contributed by atoms with van der Waals surface area (Å²) < 4.78 is 0. The minimum Gasteiger partial charge on any atom is -0.399 e. The fraction of sp³-hybridized carbons (Fsp3) is 0. The normalized spacial score (nSPS) is 9.83. The number of nitrogen functional groups attached to an aromatic ring is 3. The largest absolute Gasteiger partial charge is 0.399 e. The molecule has 118 valence electrons. The van der Waals surface area contributed by atoms with E-state index < -0.39 is 0 Å². The van der Waals surface area contributed by atoms with E-state index in [1.165, 1.54) is 0 Å². The van der Waals surface area contributed by atoms with Crippen LogP contribution >= 0.6 is 23.2 Å². The highest BCUT2D eigenvalue weighted by Gasteiger charge is 2.03. The number of rotatable bonds is 1. The van der Waals surface area contributed by atoms with Crippen LogP contribution in [-0.4, -0.2) is 0 Å². The highest BCUT2D eigenvalue weighted by atomic mass is 35.5. The molecular formula is C18H17Cl2N3. The van der Waals surface area contributed by atoms with Gasteiger partial charge in [0.2, 0.25) is 0 Å². The van der Waals surface area contributed by atoms with Gasteiger partial charge in [-0.05, 0) is 47.5 Å². The van der Waals surface area contributed by atoms with Gasteiger partial charge < -0.3 is 17.2 Å². The van der Waals surface area contributed by atoms with Gasteiger partial charge in [0.05, 0.1) is 21.4 Å². The monoisotopic (exact) mass is 345 g/mol. The highest BCUT2D eigenvalue weighted by Crippen LogP contribution is 2.30. The van der Waals surface area contributed by atoms with E-state index in [1.54, 1.807) is 24.3 Å². The third-order valence-electron chi connectivity index (χ3n) is 3.13. The lowest BCUT2D eigenvalue weighted by atomic mass is 10.1. The van der Waals surface area contributed by atoms with E-state index in [-0.39, 0.29) is 0 Å². The molecule has 0 aliphatic heterocycles. The molecule has 0 spiro atoms. The summed E-state index contributed by atoms with van der Waals surface area (Å²) in [5, 5.41) is 1.07. The molecule has 0 radical (unpaired) electrons. The van der Waals surface area contributed by atoms with Crippen LogP contribution in [-0.2, 0) is 0 Å². The summed E-state index contributed by atoms with van der Waals surface area (Å²) in [6.07, 6.45) is 0. The third kappa shape index (κ3) is 4.81. The van der Waals surface area contributed by atoms with Gasteiger partial charge in [-0.25, -0.2) is 0 Å². The van der Waals surface area contributed by atoms with Gasteiger partial charge in [-0.15, -0.1) is 0 Å². The number of hydrogen-bond acceptors (Lipinski definition) is 3. The van der Waals surface area contributed by atoms with Gasteiger partial charge in [0.1, 0.15) is 0 Å². The highest BCUT2D eigenvalue weighted by molar-refractivity contribution is 6.34. The van der Waals surface area contributed by atoms with Crippen molar-refractivity contribution in [1.29, 1.82) is 0 Å². The Morgan fingerprint density at radius 3 is 1.30 bits per heavy atom. The lowest BCUT2D eigenvalue weighted by Crippen LogP contribution is -1.88. The molecule has 0 aromatic heterocycles. The first-order chi connectivity index (χ1) is 11.0. The molecule has 0 aliphatic carbocycles. The molecule has 0 amide bonds. The first kappa shape index (κ1) is 17.0. The first-order valence-electron chi connectivity index (χ1n) is 6.88. The summed E-state index contributed by atoms with van der Waals surface area (Å²) >= 11 is 11.9. The molecular weight excluding hydrogens is 329 g/mol. The van der Waals surface area contributed by atoms with Crippen LogP contribution < -0.4 is 17.2 Å². The molecule has 5 heteroatoms. The van der Waals surface area contributed by atoms with E-state index in [0.717, 1.165) is 16.8 Å². The summed E-state index contributed by atoms with van der Waals surface area (Å²) in [6.45, 7) is 0. The van der Waals surface area contributed by atoms with Gasteiger partial charge in [0.25, 0.3) is 0 Å². The Bertz CT molecular complexity index is 740. The second-order valence-electron chi connectivity index (χ2n) is 4.88. The molecule has 0 aliphatic rings. The van der Waals surface area contributed by atoms with Gasteiger partial charge in [-0.3, -0.25) is 0 Å². The number of nitrogens with two attached hydrogens (primary N) is 3. The van der Waals surface area contributed by atoms with Crippen molar-refractivity contribution < 1.29 is 0 Å². The zero-order valence-electron chi connectivity index (χ0n) is 12.3. The number of anilines is 3. The van der Waals surface area contributed by atoms with Crippen LogP contribution in [0.5, 0.6) is 0 Å². The number of halogens is 2. The predicted octanol–water partition coefficient (Wildman–Crippen LogP) is 5.09. The average Bonchev–Trinajstić information content (AvgIpc) is 2.54. The predicted molar refractivity (Wildman–Crippen MR) is 102 cm³/mol. The van der Waals surface area contributed by atoms with Crippen molar-refractivity contribution in [1.82, 2.24) is 0 Å². The van der Waals surface area contributed by atoms with Crippen LogP contribution in [0.25, 0.3) is 11.1 Å². The van der Waals surface area contributed by atoms with Crippen molar-refractivity contribution in [3.8, 4) is 11.1 Å². The van der Waals surface area contributed by atoms with Crippen LogP contribution in [0.15, 0.2) is 66.7 Å². The van der Waals surface area contributed by atoms with Crippen LogP contribution in [0.3, 0.4) is 0 Å². The molecule has 0 unspecified atom stereocenters. The van der Waals surface area contributed by atoms with Crippen molar-refractivity contribution in [2.75, 3.05) is 17.2 Å². The van der Waals surface area contributed by atoms with Gasteiger partial charge in [-0.1, -0.05) is 53.5 Å². The Balaban J connectivity index is 0.000000229. The molecule has 0 saturated heterocycles. The Labute approximate surface area is 145 Å². The molecule has 0 heterocycles. The standard InChI is InChI=1S/C12H10Cl2N2.C6H7N/c13-9-5-7(1-3-11(9)15)8-2-4-12(16)10(14)6-8;7-6-4-2-1-3-5-6/h1-6H,15-16H2;1-5H,7H2. The van der Waals surface area contributed by atoms with Gasteiger partial charge in [-0.2, -0.15) is 0 Å². The summed E-state index contributed by atoms with van der Waals surface area (Å²) in [5.41, 5.74) is 20.5. The fourth-order valence-corrected chi connectivity index (χ4v) is 2.23. The molecule has 0 saturated carbocycles. The first-order valence-corrected chi connectivity index (χ1v) is 7.64. The SMILES string of the molecule is Nc1ccc(-c2ccc(N)c(Cl)c2)cc1Cl.Nc1ccccc1. The smallest absolute Gasteiger partial charge is 0.0641 e. The van der Waals surface area contributed by atoms with E-state index in [9.17, 15) is 0 Å². The quantitative estimate of drug-likeness (QED) is 0.537. The summed E-state index contributed by atoms with van der Waals surface area (Å²) in [6, 6.07) is 20.4. The molecule has 0 atom stereocenters. The van der Waals surface area contributed by atoms with Crippen LogP contribution in [0.4, 0.5) is 17.1 Å². The van der Waals surface area contributed by atoms with Crippen LogP contribution in [0.2, 0.25) is 10.0 Å². The zero-order valence-corrected chi connectivity index (χ0v) is 13.9. The summed E-state index contributed by atoms with van der Waals surface area (Å²) in [7, 11) is 0. The number of para-hydroxylation sites is 1.